The molecule has 0 saturated carbocycles. The van der Waals surface area contributed by atoms with E-state index in [4.69, 9.17) is 0 Å². The Morgan fingerprint density at radius 1 is 0.778 bits per heavy atom. The molecule has 0 aliphatic heterocycles. The molecule has 0 aromatic heterocycles. The number of aliphatic hydroxyl groups excluding tert-OH is 1. The molecule has 0 bridgehead atoms. The predicted octanol–water partition coefficient (Wildman–Crippen LogP) is 5.13. The Morgan fingerprint density at radius 2 is 1.37 bits per heavy atom. The lowest BCUT2D eigenvalue weighted by Crippen LogP contribution is -2.22. The van der Waals surface area contributed by atoms with Crippen molar-refractivity contribution >= 4 is 32.9 Å². The first-order valence-corrected chi connectivity index (χ1v) is 9.28. The van der Waals surface area contributed by atoms with Gasteiger partial charge in [-0.25, -0.2) is 0 Å². The fraction of sp³-hybridized carbons (Fsp3) is 0.167. The van der Waals surface area contributed by atoms with Crippen molar-refractivity contribution in [2.75, 3.05) is 37.5 Å². The maximum atomic E-state index is 9.49. The van der Waals surface area contributed by atoms with Crippen molar-refractivity contribution in [2.45, 2.75) is 0 Å². The molecule has 0 aliphatic carbocycles. The maximum Gasteiger partial charge on any atom is 0.0606 e. The van der Waals surface area contributed by atoms with Gasteiger partial charge in [-0.2, -0.15) is 0 Å². The van der Waals surface area contributed by atoms with E-state index >= 15 is 0 Å². The van der Waals surface area contributed by atoms with Crippen LogP contribution in [-0.4, -0.2) is 32.4 Å². The molecule has 0 fully saturated rings. The molecule has 0 radical (unpaired) electrons. The monoisotopic (exact) mass is 356 g/mol. The zero-order valence-corrected chi connectivity index (χ0v) is 15.7. The minimum atomic E-state index is 0.122. The third kappa shape index (κ3) is 3.00. The van der Waals surface area contributed by atoms with Crippen LogP contribution in [0.15, 0.2) is 72.8 Å². The third-order valence-corrected chi connectivity index (χ3v) is 5.20. The highest BCUT2D eigenvalue weighted by Crippen LogP contribution is 2.44. The number of benzene rings is 4. The Hall–Kier alpha value is -3.04. The number of fused-ring (bicyclic) bond motifs is 2. The van der Waals surface area contributed by atoms with E-state index < -0.39 is 0 Å². The summed E-state index contributed by atoms with van der Waals surface area (Å²) in [5.74, 6) is 0. The van der Waals surface area contributed by atoms with Gasteiger partial charge in [-0.15, -0.1) is 0 Å². The Balaban J connectivity index is 2.15. The van der Waals surface area contributed by atoms with Crippen LogP contribution >= 0.6 is 0 Å². The van der Waals surface area contributed by atoms with Crippen molar-refractivity contribution in [1.82, 2.24) is 0 Å². The van der Waals surface area contributed by atoms with Gasteiger partial charge in [-0.1, -0.05) is 60.7 Å². The molecule has 0 spiro atoms. The Bertz CT molecular complexity index is 1100. The van der Waals surface area contributed by atoms with Crippen LogP contribution in [0.5, 0.6) is 0 Å². The molecule has 4 aromatic carbocycles. The molecule has 136 valence electrons. The Labute approximate surface area is 159 Å². The van der Waals surface area contributed by atoms with Gasteiger partial charge in [0.25, 0.3) is 0 Å². The molecule has 27 heavy (non-hydrogen) atoms. The van der Waals surface area contributed by atoms with Gasteiger partial charge in [0.1, 0.15) is 0 Å². The van der Waals surface area contributed by atoms with Crippen LogP contribution in [0.1, 0.15) is 0 Å². The highest BCUT2D eigenvalue weighted by molar-refractivity contribution is 6.13. The highest BCUT2D eigenvalue weighted by Gasteiger charge is 2.18. The summed E-state index contributed by atoms with van der Waals surface area (Å²) in [7, 11) is 4.00. The average Bonchev–Trinajstić information content (AvgIpc) is 2.72. The Kier molecular flexibility index (Phi) is 4.69. The van der Waals surface area contributed by atoms with Crippen LogP contribution in [0.2, 0.25) is 0 Å². The molecule has 4 rings (SSSR count). The van der Waals surface area contributed by atoms with Gasteiger partial charge < -0.3 is 15.3 Å². The summed E-state index contributed by atoms with van der Waals surface area (Å²) < 4.78 is 0. The van der Waals surface area contributed by atoms with E-state index in [1.54, 1.807) is 0 Å². The number of anilines is 2. The van der Waals surface area contributed by atoms with E-state index in [1.165, 1.54) is 32.7 Å². The molecule has 0 unspecified atom stereocenters. The van der Waals surface area contributed by atoms with Crippen molar-refractivity contribution in [3.05, 3.63) is 72.8 Å². The second-order valence-corrected chi connectivity index (χ2v) is 6.79. The van der Waals surface area contributed by atoms with Crippen LogP contribution in [-0.2, 0) is 0 Å². The van der Waals surface area contributed by atoms with Gasteiger partial charge in [0.15, 0.2) is 0 Å². The normalized spacial score (nSPS) is 11.1. The largest absolute Gasteiger partial charge is 0.395 e. The lowest BCUT2D eigenvalue weighted by molar-refractivity contribution is 0.304. The summed E-state index contributed by atoms with van der Waals surface area (Å²) in [4.78, 5) is 2.13. The van der Waals surface area contributed by atoms with E-state index in [9.17, 15) is 5.11 Å². The molecule has 3 heteroatoms. The van der Waals surface area contributed by atoms with Gasteiger partial charge in [0, 0.05) is 43.1 Å². The predicted molar refractivity (Wildman–Crippen MR) is 117 cm³/mol. The molecule has 0 amide bonds. The molecular formula is C24H24N2O. The van der Waals surface area contributed by atoms with E-state index in [0.29, 0.717) is 6.54 Å². The second kappa shape index (κ2) is 7.29. The van der Waals surface area contributed by atoms with Crippen LogP contribution in [0.4, 0.5) is 11.4 Å². The summed E-state index contributed by atoms with van der Waals surface area (Å²) >= 11 is 0. The van der Waals surface area contributed by atoms with E-state index in [1.807, 2.05) is 14.1 Å². The van der Waals surface area contributed by atoms with Crippen LogP contribution in [0.3, 0.4) is 0 Å². The first kappa shape index (κ1) is 17.4. The number of likely N-dealkylation sites (N-methyl/N-ethyl adjacent to an activating group) is 1. The number of aliphatic hydroxyl groups is 1. The van der Waals surface area contributed by atoms with Crippen molar-refractivity contribution in [3.8, 4) is 11.1 Å². The zero-order valence-electron chi connectivity index (χ0n) is 15.7. The number of nitrogens with zero attached hydrogens (tertiary/aromatic N) is 1. The summed E-state index contributed by atoms with van der Waals surface area (Å²) in [6, 6.07) is 25.6. The standard InChI is InChI=1S/C24H24N2O/c1-25-21-13-11-17-7-3-5-9-19(17)23(21)24-20-10-6-4-8-18(20)12-14-22(24)26(2)15-16-27/h3-14,25,27H,15-16H2,1-2H3. The quantitative estimate of drug-likeness (QED) is 0.520. The molecule has 2 N–H and O–H groups in total. The van der Waals surface area contributed by atoms with Crippen molar-refractivity contribution in [3.63, 3.8) is 0 Å². The fourth-order valence-corrected chi connectivity index (χ4v) is 3.86. The SMILES string of the molecule is CNc1ccc2ccccc2c1-c1c(N(C)CCO)ccc2ccccc12. The van der Waals surface area contributed by atoms with Crippen molar-refractivity contribution in [2.24, 2.45) is 0 Å². The minimum Gasteiger partial charge on any atom is -0.395 e. The van der Waals surface area contributed by atoms with E-state index in [0.717, 1.165) is 11.4 Å². The topological polar surface area (TPSA) is 35.5 Å². The van der Waals surface area contributed by atoms with Crippen LogP contribution in [0.25, 0.3) is 32.7 Å². The van der Waals surface area contributed by atoms with Gasteiger partial charge in [0.2, 0.25) is 0 Å². The van der Waals surface area contributed by atoms with E-state index in [2.05, 4.69) is 83.0 Å². The average molecular weight is 356 g/mol. The molecule has 3 nitrogen and oxygen atoms in total. The second-order valence-electron chi connectivity index (χ2n) is 6.79. The maximum absolute atomic E-state index is 9.49. The van der Waals surface area contributed by atoms with Gasteiger partial charge in [0.05, 0.1) is 6.61 Å². The highest BCUT2D eigenvalue weighted by atomic mass is 16.3. The number of nitrogens with one attached hydrogen (secondary N) is 1. The summed E-state index contributed by atoms with van der Waals surface area (Å²) in [6.45, 7) is 0.710. The summed E-state index contributed by atoms with van der Waals surface area (Å²) in [6.07, 6.45) is 0. The van der Waals surface area contributed by atoms with Crippen LogP contribution < -0.4 is 10.2 Å². The molecular weight excluding hydrogens is 332 g/mol. The smallest absolute Gasteiger partial charge is 0.0606 e. The molecule has 0 atom stereocenters. The molecule has 4 aromatic rings. The minimum absolute atomic E-state index is 0.122. The fourth-order valence-electron chi connectivity index (χ4n) is 3.86. The first-order chi connectivity index (χ1) is 13.2. The third-order valence-electron chi connectivity index (χ3n) is 5.20. The zero-order chi connectivity index (χ0) is 18.8. The first-order valence-electron chi connectivity index (χ1n) is 9.28. The number of hydrogen-bond donors (Lipinski definition) is 2. The number of rotatable bonds is 5. The van der Waals surface area contributed by atoms with E-state index in [-0.39, 0.29) is 6.61 Å². The Morgan fingerprint density at radius 3 is 2.00 bits per heavy atom. The number of hydrogen-bond acceptors (Lipinski definition) is 3. The van der Waals surface area contributed by atoms with Gasteiger partial charge in [-0.3, -0.25) is 0 Å². The van der Waals surface area contributed by atoms with Crippen LogP contribution in [0, 0.1) is 0 Å². The van der Waals surface area contributed by atoms with Gasteiger partial charge in [-0.05, 0) is 33.7 Å². The lowest BCUT2D eigenvalue weighted by atomic mass is 9.90. The van der Waals surface area contributed by atoms with Gasteiger partial charge >= 0.3 is 0 Å². The van der Waals surface area contributed by atoms with Crippen molar-refractivity contribution in [1.29, 1.82) is 0 Å². The molecule has 0 saturated heterocycles. The summed E-state index contributed by atoms with van der Waals surface area (Å²) in [5, 5.41) is 17.7. The van der Waals surface area contributed by atoms with Crippen molar-refractivity contribution < 1.29 is 5.11 Å². The lowest BCUT2D eigenvalue weighted by Gasteiger charge is -2.25. The molecule has 0 aliphatic rings. The summed E-state index contributed by atoms with van der Waals surface area (Å²) in [5.41, 5.74) is 4.62. The molecule has 0 heterocycles.